The zero-order valence-corrected chi connectivity index (χ0v) is 15.8. The Kier molecular flexibility index (Phi) is 6.05. The van der Waals surface area contributed by atoms with Crippen molar-refractivity contribution in [1.29, 1.82) is 0 Å². The van der Waals surface area contributed by atoms with Crippen molar-refractivity contribution in [3.63, 3.8) is 0 Å². The van der Waals surface area contributed by atoms with Crippen LogP contribution in [0.5, 0.6) is 0 Å². The van der Waals surface area contributed by atoms with Gasteiger partial charge in [0.1, 0.15) is 12.6 Å². The topological polar surface area (TPSA) is 52.3 Å². The molecule has 0 amide bonds. The Labute approximate surface area is 160 Å². The second-order valence-corrected chi connectivity index (χ2v) is 6.93. The van der Waals surface area contributed by atoms with Crippen LogP contribution in [0.1, 0.15) is 33.7 Å². The van der Waals surface area contributed by atoms with E-state index in [4.69, 9.17) is 10.5 Å². The first-order chi connectivity index (χ1) is 13.0. The van der Waals surface area contributed by atoms with E-state index in [9.17, 15) is 4.79 Å². The number of rotatable bonds is 6. The van der Waals surface area contributed by atoms with Gasteiger partial charge >= 0.3 is 5.97 Å². The smallest absolute Gasteiger partial charge is 0.324 e. The van der Waals surface area contributed by atoms with E-state index >= 15 is 0 Å². The number of hydrogen-bond donors (Lipinski definition) is 1. The van der Waals surface area contributed by atoms with Crippen LogP contribution in [0.3, 0.4) is 0 Å². The molecule has 0 aromatic heterocycles. The number of hydrogen-bond acceptors (Lipinski definition) is 3. The van der Waals surface area contributed by atoms with E-state index in [1.807, 2.05) is 86.6 Å². The van der Waals surface area contributed by atoms with Crippen LogP contribution in [-0.2, 0) is 16.1 Å². The average molecular weight is 359 g/mol. The van der Waals surface area contributed by atoms with Crippen LogP contribution in [0, 0.1) is 13.8 Å². The molecule has 3 aromatic carbocycles. The number of nitrogens with two attached hydrogens (primary N) is 1. The lowest BCUT2D eigenvalue weighted by molar-refractivity contribution is -0.146. The quantitative estimate of drug-likeness (QED) is 0.659. The minimum atomic E-state index is -0.777. The fourth-order valence-corrected chi connectivity index (χ4v) is 3.47. The summed E-state index contributed by atoms with van der Waals surface area (Å²) in [5.74, 6) is -0.647. The van der Waals surface area contributed by atoms with Crippen molar-refractivity contribution in [2.24, 2.45) is 5.73 Å². The third-order valence-electron chi connectivity index (χ3n) is 4.61. The van der Waals surface area contributed by atoms with E-state index in [-0.39, 0.29) is 12.5 Å². The van der Waals surface area contributed by atoms with Gasteiger partial charge in [-0.2, -0.15) is 0 Å². The second-order valence-electron chi connectivity index (χ2n) is 6.93. The fraction of sp³-hybridized carbons (Fsp3) is 0.208. The summed E-state index contributed by atoms with van der Waals surface area (Å²) in [6, 6.07) is 25.1. The van der Waals surface area contributed by atoms with Gasteiger partial charge in [-0.15, -0.1) is 0 Å². The highest BCUT2D eigenvalue weighted by Gasteiger charge is 2.28. The molecule has 1 unspecified atom stereocenters. The highest BCUT2D eigenvalue weighted by Crippen LogP contribution is 2.28. The summed E-state index contributed by atoms with van der Waals surface area (Å²) in [4.78, 5) is 12.7. The van der Waals surface area contributed by atoms with Crippen molar-refractivity contribution in [3.05, 3.63) is 107 Å². The van der Waals surface area contributed by atoms with Gasteiger partial charge in [0.2, 0.25) is 0 Å². The number of carbonyl (C=O) groups excluding carboxylic acids is 1. The van der Waals surface area contributed by atoms with Gasteiger partial charge in [-0.05, 0) is 30.5 Å². The van der Waals surface area contributed by atoms with Crippen molar-refractivity contribution in [2.75, 3.05) is 0 Å². The Balaban J connectivity index is 1.79. The van der Waals surface area contributed by atoms with Crippen molar-refractivity contribution >= 4 is 5.97 Å². The number of aryl methyl sites for hydroxylation is 2. The first-order valence-electron chi connectivity index (χ1n) is 9.14. The van der Waals surface area contributed by atoms with Crippen molar-refractivity contribution in [3.8, 4) is 0 Å². The lowest BCUT2D eigenvalue weighted by Gasteiger charge is -2.23. The lowest BCUT2D eigenvalue weighted by Crippen LogP contribution is -2.38. The summed E-state index contributed by atoms with van der Waals surface area (Å²) in [7, 11) is 0. The number of carbonyl (C=O) groups is 1. The minimum Gasteiger partial charge on any atom is -0.460 e. The third kappa shape index (κ3) is 4.83. The molecule has 3 nitrogen and oxygen atoms in total. The van der Waals surface area contributed by atoms with Gasteiger partial charge in [0.15, 0.2) is 0 Å². The van der Waals surface area contributed by atoms with Crippen molar-refractivity contribution in [2.45, 2.75) is 32.4 Å². The zero-order valence-electron chi connectivity index (χ0n) is 15.8. The molecule has 3 rings (SSSR count). The van der Waals surface area contributed by atoms with Crippen LogP contribution < -0.4 is 5.73 Å². The summed E-state index contributed by atoms with van der Waals surface area (Å²) < 4.78 is 5.56. The summed E-state index contributed by atoms with van der Waals surface area (Å²) in [6.07, 6.45) is 0. The van der Waals surface area contributed by atoms with E-state index in [2.05, 4.69) is 6.07 Å². The summed E-state index contributed by atoms with van der Waals surface area (Å²) in [5, 5.41) is 0. The van der Waals surface area contributed by atoms with E-state index in [1.165, 1.54) is 0 Å². The Morgan fingerprint density at radius 2 is 1.33 bits per heavy atom. The Bertz CT molecular complexity index is 831. The molecule has 0 fully saturated rings. The molecular formula is C24H25NO2. The molecule has 0 heterocycles. The van der Waals surface area contributed by atoms with E-state index < -0.39 is 12.0 Å². The van der Waals surface area contributed by atoms with Crippen LogP contribution in [0.2, 0.25) is 0 Å². The maximum absolute atomic E-state index is 12.7. The van der Waals surface area contributed by atoms with Gasteiger partial charge in [-0.25, -0.2) is 0 Å². The molecule has 1 atom stereocenters. The molecule has 0 aliphatic carbocycles. The molecule has 0 saturated carbocycles. The molecule has 3 aromatic rings. The first kappa shape index (κ1) is 18.9. The van der Waals surface area contributed by atoms with Gasteiger partial charge in [0.25, 0.3) is 0 Å². The van der Waals surface area contributed by atoms with Crippen molar-refractivity contribution in [1.82, 2.24) is 0 Å². The molecule has 0 radical (unpaired) electrons. The minimum absolute atomic E-state index is 0.228. The first-order valence-corrected chi connectivity index (χ1v) is 9.14. The molecule has 0 aliphatic rings. The predicted octanol–water partition coefficient (Wildman–Crippen LogP) is 4.51. The SMILES string of the molecule is Cc1cc(C)cc(COC(=O)C(N)C(c2ccccc2)c2ccccc2)c1. The van der Waals surface area contributed by atoms with Gasteiger partial charge < -0.3 is 10.5 Å². The Morgan fingerprint density at radius 1 is 0.852 bits per heavy atom. The van der Waals surface area contributed by atoms with E-state index in [0.717, 1.165) is 27.8 Å². The molecule has 27 heavy (non-hydrogen) atoms. The molecular weight excluding hydrogens is 334 g/mol. The maximum atomic E-state index is 12.7. The summed E-state index contributed by atoms with van der Waals surface area (Å²) >= 11 is 0. The number of benzene rings is 3. The number of esters is 1. The summed E-state index contributed by atoms with van der Waals surface area (Å²) in [5.41, 5.74) is 11.6. The molecule has 0 saturated heterocycles. The molecule has 0 aliphatic heterocycles. The van der Waals surface area contributed by atoms with Crippen LogP contribution in [0.15, 0.2) is 78.9 Å². The van der Waals surface area contributed by atoms with E-state index in [0.29, 0.717) is 0 Å². The monoisotopic (exact) mass is 359 g/mol. The zero-order chi connectivity index (χ0) is 19.2. The fourth-order valence-electron chi connectivity index (χ4n) is 3.47. The van der Waals surface area contributed by atoms with Crippen LogP contribution >= 0.6 is 0 Å². The van der Waals surface area contributed by atoms with Crippen LogP contribution in [0.4, 0.5) is 0 Å². The Morgan fingerprint density at radius 3 is 1.81 bits per heavy atom. The summed E-state index contributed by atoms with van der Waals surface area (Å²) in [6.45, 7) is 4.29. The second kappa shape index (κ2) is 8.65. The maximum Gasteiger partial charge on any atom is 0.324 e. The molecule has 138 valence electrons. The lowest BCUT2D eigenvalue weighted by atomic mass is 9.85. The predicted molar refractivity (Wildman–Crippen MR) is 108 cm³/mol. The highest BCUT2D eigenvalue weighted by molar-refractivity contribution is 5.78. The molecule has 0 bridgehead atoms. The Hall–Kier alpha value is -2.91. The average Bonchev–Trinajstić information content (AvgIpc) is 2.67. The molecule has 0 spiro atoms. The van der Waals surface area contributed by atoms with Gasteiger partial charge in [-0.3, -0.25) is 4.79 Å². The van der Waals surface area contributed by atoms with Crippen molar-refractivity contribution < 1.29 is 9.53 Å². The largest absolute Gasteiger partial charge is 0.460 e. The van der Waals surface area contributed by atoms with Crippen LogP contribution in [-0.4, -0.2) is 12.0 Å². The highest BCUT2D eigenvalue weighted by atomic mass is 16.5. The molecule has 3 heteroatoms. The van der Waals surface area contributed by atoms with Crippen LogP contribution in [0.25, 0.3) is 0 Å². The van der Waals surface area contributed by atoms with Gasteiger partial charge in [0, 0.05) is 5.92 Å². The normalized spacial score (nSPS) is 12.0. The van der Waals surface area contributed by atoms with E-state index in [1.54, 1.807) is 0 Å². The standard InChI is InChI=1S/C24H25NO2/c1-17-13-18(2)15-19(14-17)16-27-24(26)23(25)22(20-9-5-3-6-10-20)21-11-7-4-8-12-21/h3-15,22-23H,16,25H2,1-2H3. The third-order valence-corrected chi connectivity index (χ3v) is 4.61. The molecule has 2 N–H and O–H groups in total. The van der Waals surface area contributed by atoms with Gasteiger partial charge in [-0.1, -0.05) is 90.0 Å². The number of ether oxygens (including phenoxy) is 1. The van der Waals surface area contributed by atoms with Gasteiger partial charge in [0.05, 0.1) is 0 Å².